The molecule has 2 aromatic rings. The summed E-state index contributed by atoms with van der Waals surface area (Å²) in [5.74, 6) is 2.77. The zero-order valence-corrected chi connectivity index (χ0v) is 13.1. The summed E-state index contributed by atoms with van der Waals surface area (Å²) < 4.78 is 11.2. The Morgan fingerprint density at radius 1 is 1.27 bits per heavy atom. The highest BCUT2D eigenvalue weighted by atomic mass is 16.5. The fraction of sp³-hybridized carbons (Fsp3) is 0.500. The topological polar surface area (TPSA) is 63.3 Å². The Kier molecular flexibility index (Phi) is 4.58. The van der Waals surface area contributed by atoms with Crippen molar-refractivity contribution in [2.45, 2.75) is 13.8 Å². The first-order valence-corrected chi connectivity index (χ1v) is 7.71. The van der Waals surface area contributed by atoms with E-state index >= 15 is 0 Å². The number of rotatable bonds is 5. The molecule has 1 N–H and O–H groups in total. The number of ether oxygens (including phenoxy) is 2. The second-order valence-electron chi connectivity index (χ2n) is 5.78. The number of benzene rings is 1. The van der Waals surface area contributed by atoms with Crippen molar-refractivity contribution in [3.63, 3.8) is 0 Å². The van der Waals surface area contributed by atoms with Crippen molar-refractivity contribution in [3.8, 4) is 17.1 Å². The van der Waals surface area contributed by atoms with E-state index in [4.69, 9.17) is 9.47 Å². The van der Waals surface area contributed by atoms with Gasteiger partial charge in [0.1, 0.15) is 5.75 Å². The van der Waals surface area contributed by atoms with Gasteiger partial charge in [0.05, 0.1) is 25.4 Å². The summed E-state index contributed by atoms with van der Waals surface area (Å²) in [6.45, 7) is 8.03. The van der Waals surface area contributed by atoms with Gasteiger partial charge in [-0.15, -0.1) is 5.10 Å². The molecular formula is C16H22N4O2. The molecule has 0 amide bonds. The van der Waals surface area contributed by atoms with Crippen LogP contribution in [0.15, 0.2) is 24.3 Å². The Bertz CT molecular complexity index is 606. The molecule has 118 valence electrons. The zero-order valence-electron chi connectivity index (χ0n) is 13.1. The second-order valence-corrected chi connectivity index (χ2v) is 5.78. The Morgan fingerprint density at radius 3 is 2.82 bits per heavy atom. The molecule has 22 heavy (non-hydrogen) atoms. The lowest BCUT2D eigenvalue weighted by molar-refractivity contribution is 0.122. The molecule has 0 bridgehead atoms. The summed E-state index contributed by atoms with van der Waals surface area (Å²) >= 11 is 0. The largest absolute Gasteiger partial charge is 0.493 e. The van der Waals surface area contributed by atoms with Gasteiger partial charge in [-0.3, -0.25) is 5.10 Å². The number of anilines is 1. The predicted molar refractivity (Wildman–Crippen MR) is 85.2 cm³/mol. The average Bonchev–Trinajstić information content (AvgIpc) is 3.04. The number of morpholine rings is 1. The lowest BCUT2D eigenvalue weighted by Gasteiger charge is -2.25. The third kappa shape index (κ3) is 3.39. The third-order valence-corrected chi connectivity index (χ3v) is 3.48. The zero-order chi connectivity index (χ0) is 15.4. The number of H-pyrrole nitrogens is 1. The van der Waals surface area contributed by atoms with Gasteiger partial charge < -0.3 is 14.4 Å². The van der Waals surface area contributed by atoms with Crippen molar-refractivity contribution in [3.05, 3.63) is 24.3 Å². The first-order chi connectivity index (χ1) is 10.7. The van der Waals surface area contributed by atoms with Crippen molar-refractivity contribution in [1.82, 2.24) is 15.2 Å². The Hall–Kier alpha value is -2.08. The highest BCUT2D eigenvalue weighted by Gasteiger charge is 2.17. The van der Waals surface area contributed by atoms with E-state index in [9.17, 15) is 0 Å². The van der Waals surface area contributed by atoms with E-state index in [0.29, 0.717) is 12.5 Å². The number of aromatic amines is 1. The van der Waals surface area contributed by atoms with E-state index < -0.39 is 0 Å². The molecular weight excluding hydrogens is 280 g/mol. The summed E-state index contributed by atoms with van der Waals surface area (Å²) in [7, 11) is 0. The van der Waals surface area contributed by atoms with Gasteiger partial charge in [-0.05, 0) is 18.1 Å². The van der Waals surface area contributed by atoms with Crippen LogP contribution < -0.4 is 9.64 Å². The molecule has 1 saturated heterocycles. The molecule has 2 heterocycles. The third-order valence-electron chi connectivity index (χ3n) is 3.48. The first-order valence-electron chi connectivity index (χ1n) is 7.71. The molecule has 0 unspecified atom stereocenters. The van der Waals surface area contributed by atoms with Crippen LogP contribution in [0.2, 0.25) is 0 Å². The number of hydrogen-bond acceptors (Lipinski definition) is 5. The maximum absolute atomic E-state index is 5.89. The molecule has 6 heteroatoms. The van der Waals surface area contributed by atoms with Gasteiger partial charge in [-0.1, -0.05) is 26.0 Å². The van der Waals surface area contributed by atoms with Crippen LogP contribution in [0.3, 0.4) is 0 Å². The Balaban J connectivity index is 1.80. The molecule has 1 fully saturated rings. The maximum atomic E-state index is 5.89. The van der Waals surface area contributed by atoms with Gasteiger partial charge in [-0.25, -0.2) is 0 Å². The Morgan fingerprint density at radius 2 is 2.05 bits per heavy atom. The second kappa shape index (κ2) is 6.79. The summed E-state index contributed by atoms with van der Waals surface area (Å²) in [6, 6.07) is 7.92. The summed E-state index contributed by atoms with van der Waals surface area (Å²) in [6.07, 6.45) is 0. The van der Waals surface area contributed by atoms with Crippen LogP contribution >= 0.6 is 0 Å². The number of nitrogens with one attached hydrogen (secondary N) is 1. The summed E-state index contributed by atoms with van der Waals surface area (Å²) in [5.41, 5.74) is 0.940. The van der Waals surface area contributed by atoms with Crippen molar-refractivity contribution in [2.75, 3.05) is 37.8 Å². The number of para-hydroxylation sites is 1. The SMILES string of the molecule is CC(C)COc1ccccc1-c1nc(N2CCOCC2)n[nH]1. The fourth-order valence-corrected chi connectivity index (χ4v) is 2.32. The molecule has 0 radical (unpaired) electrons. The minimum absolute atomic E-state index is 0.478. The van der Waals surface area contributed by atoms with Crippen molar-refractivity contribution in [2.24, 2.45) is 5.92 Å². The van der Waals surface area contributed by atoms with E-state index in [1.165, 1.54) is 0 Å². The number of aromatic nitrogens is 3. The van der Waals surface area contributed by atoms with Gasteiger partial charge in [0, 0.05) is 13.1 Å². The molecule has 3 rings (SSSR count). The average molecular weight is 302 g/mol. The molecule has 1 aliphatic rings. The van der Waals surface area contributed by atoms with E-state index in [0.717, 1.165) is 49.4 Å². The number of hydrogen-bond donors (Lipinski definition) is 1. The van der Waals surface area contributed by atoms with E-state index in [1.54, 1.807) is 0 Å². The van der Waals surface area contributed by atoms with E-state index in [-0.39, 0.29) is 0 Å². The minimum atomic E-state index is 0.478. The molecule has 0 saturated carbocycles. The lowest BCUT2D eigenvalue weighted by Crippen LogP contribution is -2.36. The fourth-order valence-electron chi connectivity index (χ4n) is 2.32. The lowest BCUT2D eigenvalue weighted by atomic mass is 10.2. The van der Waals surface area contributed by atoms with Crippen LogP contribution in [0.1, 0.15) is 13.8 Å². The first kappa shape index (κ1) is 14.8. The van der Waals surface area contributed by atoms with E-state index in [2.05, 4.69) is 33.9 Å². The van der Waals surface area contributed by atoms with Crippen molar-refractivity contribution >= 4 is 5.95 Å². The van der Waals surface area contributed by atoms with Crippen LogP contribution in [0, 0.1) is 5.92 Å². The van der Waals surface area contributed by atoms with Crippen molar-refractivity contribution in [1.29, 1.82) is 0 Å². The molecule has 1 aliphatic heterocycles. The molecule has 1 aromatic heterocycles. The number of nitrogens with zero attached hydrogens (tertiary/aromatic N) is 3. The van der Waals surface area contributed by atoms with Crippen LogP contribution in [0.5, 0.6) is 5.75 Å². The highest BCUT2D eigenvalue weighted by molar-refractivity contribution is 5.64. The molecule has 0 atom stereocenters. The van der Waals surface area contributed by atoms with Gasteiger partial charge >= 0.3 is 0 Å². The van der Waals surface area contributed by atoms with E-state index in [1.807, 2.05) is 24.3 Å². The van der Waals surface area contributed by atoms with Crippen molar-refractivity contribution < 1.29 is 9.47 Å². The molecule has 6 nitrogen and oxygen atoms in total. The standard InChI is InChI=1S/C16H22N4O2/c1-12(2)11-22-14-6-4-3-5-13(14)15-17-16(19-18-15)20-7-9-21-10-8-20/h3-6,12H,7-11H2,1-2H3,(H,17,18,19). The highest BCUT2D eigenvalue weighted by Crippen LogP contribution is 2.28. The monoisotopic (exact) mass is 302 g/mol. The summed E-state index contributed by atoms with van der Waals surface area (Å²) in [5, 5.41) is 7.36. The smallest absolute Gasteiger partial charge is 0.245 e. The minimum Gasteiger partial charge on any atom is -0.493 e. The van der Waals surface area contributed by atoms with Gasteiger partial charge in [0.25, 0.3) is 0 Å². The predicted octanol–water partition coefficient (Wildman–Crippen LogP) is 2.34. The molecule has 0 aliphatic carbocycles. The maximum Gasteiger partial charge on any atom is 0.245 e. The van der Waals surface area contributed by atoms with Crippen LogP contribution in [0.4, 0.5) is 5.95 Å². The summed E-state index contributed by atoms with van der Waals surface area (Å²) in [4.78, 5) is 6.74. The van der Waals surface area contributed by atoms with Gasteiger partial charge in [0.15, 0.2) is 5.82 Å². The molecule has 0 spiro atoms. The van der Waals surface area contributed by atoms with Crippen LogP contribution in [-0.2, 0) is 4.74 Å². The van der Waals surface area contributed by atoms with Crippen LogP contribution in [-0.4, -0.2) is 48.1 Å². The van der Waals surface area contributed by atoms with Crippen LogP contribution in [0.25, 0.3) is 11.4 Å². The van der Waals surface area contributed by atoms with Gasteiger partial charge in [0.2, 0.25) is 5.95 Å². The Labute approximate surface area is 130 Å². The normalized spacial score (nSPS) is 15.3. The molecule has 1 aromatic carbocycles. The quantitative estimate of drug-likeness (QED) is 0.918. The van der Waals surface area contributed by atoms with Gasteiger partial charge in [-0.2, -0.15) is 4.98 Å².